The molecular formula is C26H35N5O5. The Kier molecular flexibility index (Phi) is 7.23. The van der Waals surface area contributed by atoms with E-state index < -0.39 is 6.04 Å². The topological polar surface area (TPSA) is 97.1 Å². The van der Waals surface area contributed by atoms with Gasteiger partial charge in [0.2, 0.25) is 5.91 Å². The normalized spacial score (nSPS) is 17.2. The Bertz CT molecular complexity index is 1260. The standard InChI is InChI=1S/C26H35N5O5/c1-17(2)29-22(15-23(32)30(18(3)4)26(29)35)27-11-8-12-28(14-13-27)25(34)19(5)31-20-9-6-7-10-21(20)36-16-24(31)33/h6-7,9-10,15,17-19H,8,11-14,16H2,1-5H3/t19-/m0/s1. The number of fused-ring (bicyclic) bond motifs is 1. The largest absolute Gasteiger partial charge is 0.482 e. The summed E-state index contributed by atoms with van der Waals surface area (Å²) in [7, 11) is 0. The van der Waals surface area contributed by atoms with Crippen LogP contribution in [-0.4, -0.2) is 64.7 Å². The monoisotopic (exact) mass is 497 g/mol. The molecule has 1 fully saturated rings. The van der Waals surface area contributed by atoms with Crippen LogP contribution < -0.4 is 25.8 Å². The molecule has 4 rings (SSSR count). The zero-order valence-electron chi connectivity index (χ0n) is 21.6. The van der Waals surface area contributed by atoms with E-state index in [1.165, 1.54) is 15.5 Å². The molecule has 0 unspecified atom stereocenters. The average molecular weight is 498 g/mol. The fourth-order valence-electron chi connectivity index (χ4n) is 5.05. The van der Waals surface area contributed by atoms with Gasteiger partial charge in [-0.2, -0.15) is 0 Å². The Hall–Kier alpha value is -3.56. The van der Waals surface area contributed by atoms with Crippen molar-refractivity contribution in [2.24, 2.45) is 0 Å². The molecule has 1 aromatic heterocycles. The molecule has 2 aliphatic rings. The van der Waals surface area contributed by atoms with Gasteiger partial charge in [-0.1, -0.05) is 12.1 Å². The molecule has 10 heteroatoms. The van der Waals surface area contributed by atoms with Gasteiger partial charge in [0.15, 0.2) is 6.61 Å². The maximum absolute atomic E-state index is 13.5. The van der Waals surface area contributed by atoms with Gasteiger partial charge in [-0.05, 0) is 53.2 Å². The molecule has 1 aromatic carbocycles. The second kappa shape index (κ2) is 10.2. The van der Waals surface area contributed by atoms with Gasteiger partial charge in [0.1, 0.15) is 17.6 Å². The van der Waals surface area contributed by atoms with Crippen LogP contribution in [0.5, 0.6) is 5.75 Å². The lowest BCUT2D eigenvalue weighted by Gasteiger charge is -2.35. The quantitative estimate of drug-likeness (QED) is 0.627. The zero-order valence-corrected chi connectivity index (χ0v) is 21.6. The average Bonchev–Trinajstić information content (AvgIpc) is 3.08. The molecule has 2 amide bonds. The predicted molar refractivity (Wildman–Crippen MR) is 138 cm³/mol. The number of nitrogens with zero attached hydrogens (tertiary/aromatic N) is 5. The minimum absolute atomic E-state index is 0.100. The molecule has 1 saturated heterocycles. The van der Waals surface area contributed by atoms with E-state index >= 15 is 0 Å². The highest BCUT2D eigenvalue weighted by molar-refractivity contribution is 6.03. The van der Waals surface area contributed by atoms with Gasteiger partial charge >= 0.3 is 5.69 Å². The Balaban J connectivity index is 1.56. The van der Waals surface area contributed by atoms with Crippen molar-refractivity contribution in [3.05, 3.63) is 51.2 Å². The van der Waals surface area contributed by atoms with Crippen molar-refractivity contribution >= 4 is 23.3 Å². The first-order valence-electron chi connectivity index (χ1n) is 12.6. The van der Waals surface area contributed by atoms with Crippen LogP contribution in [0.3, 0.4) is 0 Å². The van der Waals surface area contributed by atoms with E-state index in [0.717, 1.165) is 0 Å². The summed E-state index contributed by atoms with van der Waals surface area (Å²) < 4.78 is 8.45. The van der Waals surface area contributed by atoms with E-state index in [-0.39, 0.29) is 41.8 Å². The Morgan fingerprint density at radius 3 is 2.28 bits per heavy atom. The Morgan fingerprint density at radius 2 is 1.58 bits per heavy atom. The summed E-state index contributed by atoms with van der Waals surface area (Å²) in [6.07, 6.45) is 0.672. The molecule has 0 saturated carbocycles. The van der Waals surface area contributed by atoms with Gasteiger partial charge in [0.25, 0.3) is 11.5 Å². The summed E-state index contributed by atoms with van der Waals surface area (Å²) in [5, 5.41) is 0. The molecule has 0 bridgehead atoms. The SMILES string of the molecule is CC(C)n1c(N2CCCN(C(=O)[C@H](C)N3C(=O)COc4ccccc43)CC2)cc(=O)n(C(C)C)c1=O. The molecular weight excluding hydrogens is 462 g/mol. The second-order valence-electron chi connectivity index (χ2n) is 9.91. The number of carbonyl (C=O) groups excluding carboxylic acids is 2. The highest BCUT2D eigenvalue weighted by atomic mass is 16.5. The Labute approximate surface area is 210 Å². The van der Waals surface area contributed by atoms with Crippen LogP contribution in [0.1, 0.15) is 53.1 Å². The lowest BCUT2D eigenvalue weighted by molar-refractivity contribution is -0.134. The fraction of sp³-hybridized carbons (Fsp3) is 0.538. The summed E-state index contributed by atoms with van der Waals surface area (Å²) in [5.74, 6) is 0.772. The van der Waals surface area contributed by atoms with Crippen molar-refractivity contribution in [2.45, 2.75) is 59.2 Å². The molecule has 0 aliphatic carbocycles. The maximum Gasteiger partial charge on any atom is 0.333 e. The summed E-state index contributed by atoms with van der Waals surface area (Å²) in [4.78, 5) is 57.5. The summed E-state index contributed by atoms with van der Waals surface area (Å²) in [5.41, 5.74) is -0.0484. The van der Waals surface area contributed by atoms with Crippen molar-refractivity contribution < 1.29 is 14.3 Å². The summed E-state index contributed by atoms with van der Waals surface area (Å²) in [6.45, 7) is 11.2. The van der Waals surface area contributed by atoms with Gasteiger partial charge in [0, 0.05) is 44.3 Å². The van der Waals surface area contributed by atoms with Gasteiger partial charge < -0.3 is 14.5 Å². The highest BCUT2D eigenvalue weighted by Crippen LogP contribution is 2.33. The van der Waals surface area contributed by atoms with Crippen molar-refractivity contribution in [3.63, 3.8) is 0 Å². The molecule has 3 heterocycles. The molecule has 194 valence electrons. The molecule has 0 spiro atoms. The minimum atomic E-state index is -0.682. The van der Waals surface area contributed by atoms with Crippen LogP contribution in [-0.2, 0) is 9.59 Å². The fourth-order valence-corrected chi connectivity index (χ4v) is 5.05. The third-order valence-corrected chi connectivity index (χ3v) is 6.80. The van der Waals surface area contributed by atoms with Gasteiger partial charge in [0.05, 0.1) is 5.69 Å². The number of hydrogen-bond acceptors (Lipinski definition) is 6. The number of benzene rings is 1. The van der Waals surface area contributed by atoms with Crippen LogP contribution in [0, 0.1) is 0 Å². The van der Waals surface area contributed by atoms with E-state index in [0.29, 0.717) is 49.9 Å². The number of hydrogen-bond donors (Lipinski definition) is 0. The number of ether oxygens (including phenoxy) is 1. The van der Waals surface area contributed by atoms with Crippen molar-refractivity contribution in [3.8, 4) is 5.75 Å². The van der Waals surface area contributed by atoms with Gasteiger partial charge in [-0.3, -0.25) is 28.4 Å². The van der Waals surface area contributed by atoms with Crippen LogP contribution in [0.25, 0.3) is 0 Å². The number of amides is 2. The molecule has 10 nitrogen and oxygen atoms in total. The van der Waals surface area contributed by atoms with Crippen molar-refractivity contribution in [2.75, 3.05) is 42.6 Å². The molecule has 2 aliphatic heterocycles. The van der Waals surface area contributed by atoms with Crippen LogP contribution >= 0.6 is 0 Å². The third-order valence-electron chi connectivity index (χ3n) is 6.80. The number of rotatable bonds is 5. The van der Waals surface area contributed by atoms with Crippen molar-refractivity contribution in [1.82, 2.24) is 14.0 Å². The van der Waals surface area contributed by atoms with E-state index in [1.807, 2.05) is 44.7 Å². The van der Waals surface area contributed by atoms with Gasteiger partial charge in [-0.25, -0.2) is 4.79 Å². The summed E-state index contributed by atoms with van der Waals surface area (Å²) in [6, 6.07) is 7.70. The third kappa shape index (κ3) is 4.64. The number of carbonyl (C=O) groups is 2. The van der Waals surface area contributed by atoms with Gasteiger partial charge in [-0.15, -0.1) is 0 Å². The van der Waals surface area contributed by atoms with Crippen LogP contribution in [0.4, 0.5) is 11.5 Å². The molecule has 0 N–H and O–H groups in total. The zero-order chi connectivity index (χ0) is 26.1. The van der Waals surface area contributed by atoms with Crippen molar-refractivity contribution in [1.29, 1.82) is 0 Å². The van der Waals surface area contributed by atoms with Crippen LogP contribution in [0.15, 0.2) is 39.9 Å². The van der Waals surface area contributed by atoms with E-state index in [1.54, 1.807) is 28.5 Å². The molecule has 1 atom stereocenters. The summed E-state index contributed by atoms with van der Waals surface area (Å²) >= 11 is 0. The molecule has 36 heavy (non-hydrogen) atoms. The minimum Gasteiger partial charge on any atom is -0.482 e. The van der Waals surface area contributed by atoms with Crippen LogP contribution in [0.2, 0.25) is 0 Å². The Morgan fingerprint density at radius 1 is 0.889 bits per heavy atom. The number of aromatic nitrogens is 2. The van der Waals surface area contributed by atoms with E-state index in [4.69, 9.17) is 4.74 Å². The second-order valence-corrected chi connectivity index (χ2v) is 9.91. The number of anilines is 2. The lowest BCUT2D eigenvalue weighted by Crippen LogP contribution is -2.53. The number of para-hydroxylation sites is 2. The van der Waals surface area contributed by atoms with E-state index in [2.05, 4.69) is 0 Å². The lowest BCUT2D eigenvalue weighted by atomic mass is 10.1. The highest BCUT2D eigenvalue weighted by Gasteiger charge is 2.35. The van der Waals surface area contributed by atoms with E-state index in [9.17, 15) is 19.2 Å². The smallest absolute Gasteiger partial charge is 0.333 e. The predicted octanol–water partition coefficient (Wildman–Crippen LogP) is 2.02. The first-order chi connectivity index (χ1) is 17.1. The maximum atomic E-state index is 13.5. The first kappa shape index (κ1) is 25.5. The molecule has 2 aromatic rings. The molecule has 0 radical (unpaired) electrons. The first-order valence-corrected chi connectivity index (χ1v) is 12.6.